The number of pyridine rings is 1. The van der Waals surface area contributed by atoms with E-state index in [-0.39, 0.29) is 5.97 Å². The van der Waals surface area contributed by atoms with Gasteiger partial charge >= 0.3 is 5.97 Å². The summed E-state index contributed by atoms with van der Waals surface area (Å²) < 4.78 is 4.88. The van der Waals surface area contributed by atoms with Crippen LogP contribution < -0.4 is 0 Å². The van der Waals surface area contributed by atoms with Gasteiger partial charge in [0.15, 0.2) is 0 Å². The number of esters is 1. The highest BCUT2D eigenvalue weighted by Gasteiger charge is 2.04. The van der Waals surface area contributed by atoms with Crippen LogP contribution in [0.15, 0.2) is 30.5 Å². The molecule has 0 radical (unpaired) electrons. The maximum Gasteiger partial charge on any atom is 0.330 e. The van der Waals surface area contributed by atoms with Crippen LogP contribution >= 0.6 is 0 Å². The van der Waals surface area contributed by atoms with Gasteiger partial charge in [0.25, 0.3) is 0 Å². The lowest BCUT2D eigenvalue weighted by molar-refractivity contribution is -0.137. The van der Waals surface area contributed by atoms with E-state index in [2.05, 4.69) is 18.0 Å². The Balaban J connectivity index is 2.48. The van der Waals surface area contributed by atoms with Crippen molar-refractivity contribution in [3.63, 3.8) is 0 Å². The van der Waals surface area contributed by atoms with Crippen LogP contribution in [0.4, 0.5) is 0 Å². The summed E-state index contributed by atoms with van der Waals surface area (Å²) in [5, 5.41) is 1.12. The average molecular weight is 255 g/mol. The summed E-state index contributed by atoms with van der Waals surface area (Å²) in [7, 11) is 0. The third-order valence-corrected chi connectivity index (χ3v) is 2.92. The molecule has 1 aromatic heterocycles. The molecule has 3 heteroatoms. The third kappa shape index (κ3) is 2.99. The smallest absolute Gasteiger partial charge is 0.330 e. The Bertz CT molecular complexity index is 644. The van der Waals surface area contributed by atoms with Crippen LogP contribution in [0.25, 0.3) is 17.0 Å². The Morgan fingerprint density at radius 1 is 1.37 bits per heavy atom. The molecule has 19 heavy (non-hydrogen) atoms. The number of carbonyl (C=O) groups excluding carboxylic acids is 1. The molecule has 3 nitrogen and oxygen atoms in total. The number of ether oxygens (including phenoxy) is 1. The van der Waals surface area contributed by atoms with Gasteiger partial charge in [-0.3, -0.25) is 4.98 Å². The van der Waals surface area contributed by atoms with Crippen LogP contribution in [-0.2, 0) is 9.53 Å². The molecule has 0 amide bonds. The molecule has 1 heterocycles. The van der Waals surface area contributed by atoms with Gasteiger partial charge in [-0.15, -0.1) is 0 Å². The van der Waals surface area contributed by atoms with E-state index >= 15 is 0 Å². The summed E-state index contributed by atoms with van der Waals surface area (Å²) >= 11 is 0. The van der Waals surface area contributed by atoms with Crippen molar-refractivity contribution in [1.29, 1.82) is 0 Å². The fourth-order valence-electron chi connectivity index (χ4n) is 2.04. The van der Waals surface area contributed by atoms with Crippen molar-refractivity contribution in [3.05, 3.63) is 47.2 Å². The maximum atomic E-state index is 11.4. The standard InChI is InChI=1S/C16H17NO2/c1-4-19-15(18)6-5-13-9-11(2)10-14-12(3)7-8-17-16(13)14/h5-10H,4H2,1-3H3/b6-5+. The first-order valence-corrected chi connectivity index (χ1v) is 6.32. The van der Waals surface area contributed by atoms with Gasteiger partial charge < -0.3 is 4.74 Å². The second-order valence-corrected chi connectivity index (χ2v) is 4.46. The lowest BCUT2D eigenvalue weighted by atomic mass is 10.0. The molecule has 98 valence electrons. The van der Waals surface area contributed by atoms with Gasteiger partial charge in [0.05, 0.1) is 12.1 Å². The predicted octanol–water partition coefficient (Wildman–Crippen LogP) is 3.43. The maximum absolute atomic E-state index is 11.4. The molecule has 0 aliphatic rings. The molecule has 0 atom stereocenters. The lowest BCUT2D eigenvalue weighted by Gasteiger charge is -2.06. The number of hydrogen-bond acceptors (Lipinski definition) is 3. The minimum atomic E-state index is -0.329. The number of benzene rings is 1. The van der Waals surface area contributed by atoms with Gasteiger partial charge in [-0.25, -0.2) is 4.79 Å². The number of carbonyl (C=O) groups is 1. The summed E-state index contributed by atoms with van der Waals surface area (Å²) in [5.41, 5.74) is 4.17. The molecule has 0 spiro atoms. The van der Waals surface area contributed by atoms with Crippen LogP contribution in [0, 0.1) is 13.8 Å². The van der Waals surface area contributed by atoms with E-state index in [0.717, 1.165) is 22.0 Å². The zero-order valence-electron chi connectivity index (χ0n) is 11.4. The van der Waals surface area contributed by atoms with Crippen molar-refractivity contribution in [2.45, 2.75) is 20.8 Å². The highest BCUT2D eigenvalue weighted by atomic mass is 16.5. The van der Waals surface area contributed by atoms with E-state index in [1.807, 2.05) is 19.1 Å². The van der Waals surface area contributed by atoms with Crippen molar-refractivity contribution in [1.82, 2.24) is 4.98 Å². The second kappa shape index (κ2) is 5.65. The zero-order valence-corrected chi connectivity index (χ0v) is 11.4. The third-order valence-electron chi connectivity index (χ3n) is 2.92. The van der Waals surface area contributed by atoms with E-state index in [1.54, 1.807) is 19.2 Å². The number of nitrogens with zero attached hydrogens (tertiary/aromatic N) is 1. The topological polar surface area (TPSA) is 39.2 Å². The summed E-state index contributed by atoms with van der Waals surface area (Å²) in [4.78, 5) is 15.8. The second-order valence-electron chi connectivity index (χ2n) is 4.46. The first-order valence-electron chi connectivity index (χ1n) is 6.32. The van der Waals surface area contributed by atoms with E-state index < -0.39 is 0 Å². The van der Waals surface area contributed by atoms with Gasteiger partial charge in [-0.2, -0.15) is 0 Å². The van der Waals surface area contributed by atoms with Crippen molar-refractivity contribution in [2.24, 2.45) is 0 Å². The first kappa shape index (κ1) is 13.3. The number of fused-ring (bicyclic) bond motifs is 1. The molecule has 2 rings (SSSR count). The van der Waals surface area contributed by atoms with Crippen molar-refractivity contribution in [3.8, 4) is 0 Å². The van der Waals surface area contributed by atoms with Crippen molar-refractivity contribution in [2.75, 3.05) is 6.61 Å². The van der Waals surface area contributed by atoms with Crippen LogP contribution in [-0.4, -0.2) is 17.6 Å². The highest BCUT2D eigenvalue weighted by Crippen LogP contribution is 2.23. The Morgan fingerprint density at radius 3 is 2.89 bits per heavy atom. The molecular formula is C16H17NO2. The Hall–Kier alpha value is -2.16. The van der Waals surface area contributed by atoms with Crippen LogP contribution in [0.1, 0.15) is 23.6 Å². The molecule has 0 bridgehead atoms. The van der Waals surface area contributed by atoms with E-state index in [1.165, 1.54) is 11.6 Å². The van der Waals surface area contributed by atoms with Gasteiger partial charge in [0, 0.05) is 23.2 Å². The molecule has 0 aliphatic carbocycles. The number of aryl methyl sites for hydroxylation is 2. The molecule has 0 aliphatic heterocycles. The largest absolute Gasteiger partial charge is 0.463 e. The quantitative estimate of drug-likeness (QED) is 0.623. The Labute approximate surface area is 112 Å². The van der Waals surface area contributed by atoms with Gasteiger partial charge in [-0.1, -0.05) is 0 Å². The lowest BCUT2D eigenvalue weighted by Crippen LogP contribution is -1.98. The van der Waals surface area contributed by atoms with E-state index in [4.69, 9.17) is 4.74 Å². The van der Waals surface area contributed by atoms with Crippen LogP contribution in [0.3, 0.4) is 0 Å². The minimum Gasteiger partial charge on any atom is -0.463 e. The van der Waals surface area contributed by atoms with Crippen molar-refractivity contribution >= 4 is 22.9 Å². The minimum absolute atomic E-state index is 0.329. The Kier molecular flexibility index (Phi) is 3.95. The fourth-order valence-corrected chi connectivity index (χ4v) is 2.04. The number of rotatable bonds is 3. The average Bonchev–Trinajstić information content (AvgIpc) is 2.37. The SMILES string of the molecule is CCOC(=O)/C=C/c1cc(C)cc2c(C)ccnc12. The molecule has 0 N–H and O–H groups in total. The van der Waals surface area contributed by atoms with E-state index in [0.29, 0.717) is 6.61 Å². The summed E-state index contributed by atoms with van der Waals surface area (Å²) in [6.45, 7) is 6.27. The van der Waals surface area contributed by atoms with Gasteiger partial charge in [-0.05, 0) is 56.2 Å². The monoisotopic (exact) mass is 255 g/mol. The number of aromatic nitrogens is 1. The first-order chi connectivity index (χ1) is 9.11. The number of hydrogen-bond donors (Lipinski definition) is 0. The van der Waals surface area contributed by atoms with Crippen molar-refractivity contribution < 1.29 is 9.53 Å². The molecule has 0 fully saturated rings. The van der Waals surface area contributed by atoms with Gasteiger partial charge in [0.1, 0.15) is 0 Å². The molecule has 1 aromatic carbocycles. The summed E-state index contributed by atoms with van der Waals surface area (Å²) in [5.74, 6) is -0.329. The fraction of sp³-hybridized carbons (Fsp3) is 0.250. The molecule has 0 saturated carbocycles. The molecule has 0 saturated heterocycles. The predicted molar refractivity (Wildman–Crippen MR) is 76.9 cm³/mol. The van der Waals surface area contributed by atoms with E-state index in [9.17, 15) is 4.79 Å². The zero-order chi connectivity index (χ0) is 13.8. The highest BCUT2D eigenvalue weighted by molar-refractivity contribution is 5.94. The summed E-state index contributed by atoms with van der Waals surface area (Å²) in [6, 6.07) is 6.12. The normalized spacial score (nSPS) is 11.1. The van der Waals surface area contributed by atoms with Crippen LogP contribution in [0.2, 0.25) is 0 Å². The Morgan fingerprint density at radius 2 is 2.16 bits per heavy atom. The van der Waals surface area contributed by atoms with Gasteiger partial charge in [0.2, 0.25) is 0 Å². The molecular weight excluding hydrogens is 238 g/mol. The molecule has 2 aromatic rings. The van der Waals surface area contributed by atoms with Crippen LogP contribution in [0.5, 0.6) is 0 Å². The summed E-state index contributed by atoms with van der Waals surface area (Å²) in [6.07, 6.45) is 5.00. The molecule has 0 unspecified atom stereocenters.